The van der Waals surface area contributed by atoms with Gasteiger partial charge in [-0.05, 0) is 31.0 Å². The second-order valence-electron chi connectivity index (χ2n) is 4.08. The van der Waals surface area contributed by atoms with Gasteiger partial charge in [-0.2, -0.15) is 0 Å². The molecule has 16 heavy (non-hydrogen) atoms. The van der Waals surface area contributed by atoms with Crippen LogP contribution in [-0.4, -0.2) is 16.5 Å². The lowest BCUT2D eigenvalue weighted by Crippen LogP contribution is -2.26. The SMILES string of the molecule is O[C@H]1CCCC[C@@H]1Sc1cc(Cl)ccc1Cl. The van der Waals surface area contributed by atoms with Gasteiger partial charge in [-0.15, -0.1) is 11.8 Å². The number of aliphatic hydroxyl groups excluding tert-OH is 1. The summed E-state index contributed by atoms with van der Waals surface area (Å²) in [5, 5.41) is 11.6. The third-order valence-corrected chi connectivity index (χ3v) is 4.96. The van der Waals surface area contributed by atoms with Crippen molar-refractivity contribution in [2.45, 2.75) is 41.9 Å². The third-order valence-electron chi connectivity index (χ3n) is 2.84. The molecule has 2 rings (SSSR count). The van der Waals surface area contributed by atoms with E-state index < -0.39 is 0 Å². The van der Waals surface area contributed by atoms with Crippen molar-refractivity contribution in [2.75, 3.05) is 0 Å². The maximum Gasteiger partial charge on any atom is 0.0662 e. The van der Waals surface area contributed by atoms with Gasteiger partial charge in [-0.3, -0.25) is 0 Å². The van der Waals surface area contributed by atoms with Crippen LogP contribution in [0.1, 0.15) is 25.7 Å². The standard InChI is InChI=1S/C12H14Cl2OS/c13-8-5-6-9(14)12(7-8)16-11-4-2-1-3-10(11)15/h5-7,10-11,15H,1-4H2/t10-,11-/m0/s1. The van der Waals surface area contributed by atoms with Gasteiger partial charge in [0, 0.05) is 15.2 Å². The van der Waals surface area contributed by atoms with Crippen LogP contribution in [0.4, 0.5) is 0 Å². The van der Waals surface area contributed by atoms with Crippen LogP contribution >= 0.6 is 35.0 Å². The minimum absolute atomic E-state index is 0.214. The molecular weight excluding hydrogens is 263 g/mol. The lowest BCUT2D eigenvalue weighted by molar-refractivity contribution is 0.137. The van der Waals surface area contributed by atoms with Crippen molar-refractivity contribution in [3.8, 4) is 0 Å². The minimum atomic E-state index is -0.214. The number of hydrogen-bond donors (Lipinski definition) is 1. The van der Waals surface area contributed by atoms with Crippen molar-refractivity contribution in [2.24, 2.45) is 0 Å². The molecule has 4 heteroatoms. The van der Waals surface area contributed by atoms with Crippen LogP contribution in [0.3, 0.4) is 0 Å². The first-order chi connectivity index (χ1) is 7.66. The Hall–Kier alpha value is 0.110. The molecule has 0 bridgehead atoms. The van der Waals surface area contributed by atoms with E-state index in [-0.39, 0.29) is 11.4 Å². The molecule has 1 aliphatic carbocycles. The molecule has 1 aliphatic rings. The fraction of sp³-hybridized carbons (Fsp3) is 0.500. The fourth-order valence-electron chi connectivity index (χ4n) is 1.95. The van der Waals surface area contributed by atoms with Crippen molar-refractivity contribution >= 4 is 35.0 Å². The second kappa shape index (κ2) is 5.63. The van der Waals surface area contributed by atoms with E-state index in [4.69, 9.17) is 23.2 Å². The molecule has 0 amide bonds. The monoisotopic (exact) mass is 276 g/mol. The minimum Gasteiger partial charge on any atom is -0.392 e. The van der Waals surface area contributed by atoms with E-state index in [1.807, 2.05) is 6.07 Å². The Morgan fingerprint density at radius 1 is 1.19 bits per heavy atom. The largest absolute Gasteiger partial charge is 0.392 e. The summed E-state index contributed by atoms with van der Waals surface area (Å²) < 4.78 is 0. The summed E-state index contributed by atoms with van der Waals surface area (Å²) in [5.41, 5.74) is 0. The molecule has 1 N–H and O–H groups in total. The second-order valence-corrected chi connectivity index (χ2v) is 6.21. The van der Waals surface area contributed by atoms with E-state index in [1.165, 1.54) is 6.42 Å². The molecule has 1 saturated carbocycles. The predicted molar refractivity (Wildman–Crippen MR) is 70.6 cm³/mol. The van der Waals surface area contributed by atoms with Crippen LogP contribution < -0.4 is 0 Å². The van der Waals surface area contributed by atoms with E-state index >= 15 is 0 Å². The molecule has 1 fully saturated rings. The number of halogens is 2. The Bertz CT molecular complexity index is 370. The van der Waals surface area contributed by atoms with Crippen molar-refractivity contribution in [3.63, 3.8) is 0 Å². The Morgan fingerprint density at radius 2 is 1.94 bits per heavy atom. The van der Waals surface area contributed by atoms with E-state index in [0.29, 0.717) is 10.0 Å². The highest BCUT2D eigenvalue weighted by molar-refractivity contribution is 8.00. The molecule has 0 saturated heterocycles. The first-order valence-electron chi connectivity index (χ1n) is 5.46. The summed E-state index contributed by atoms with van der Waals surface area (Å²) in [5.74, 6) is 0. The zero-order valence-electron chi connectivity index (χ0n) is 8.83. The molecule has 2 atom stereocenters. The molecule has 0 radical (unpaired) electrons. The molecule has 0 aromatic heterocycles. The predicted octanol–water partition coefficient (Wildman–Crippen LogP) is 4.39. The van der Waals surface area contributed by atoms with Crippen molar-refractivity contribution in [1.82, 2.24) is 0 Å². The summed E-state index contributed by atoms with van der Waals surface area (Å²) in [6.45, 7) is 0. The maximum atomic E-state index is 9.89. The lowest BCUT2D eigenvalue weighted by atomic mass is 9.97. The van der Waals surface area contributed by atoms with E-state index in [2.05, 4.69) is 0 Å². The summed E-state index contributed by atoms with van der Waals surface area (Å²) in [6, 6.07) is 5.46. The van der Waals surface area contributed by atoms with Gasteiger partial charge in [-0.25, -0.2) is 0 Å². The highest BCUT2D eigenvalue weighted by Gasteiger charge is 2.24. The highest BCUT2D eigenvalue weighted by atomic mass is 35.5. The van der Waals surface area contributed by atoms with Gasteiger partial charge < -0.3 is 5.11 Å². The number of rotatable bonds is 2. The van der Waals surface area contributed by atoms with Crippen LogP contribution in [0.5, 0.6) is 0 Å². The van der Waals surface area contributed by atoms with Crippen molar-refractivity contribution in [1.29, 1.82) is 0 Å². The molecule has 0 aliphatic heterocycles. The van der Waals surface area contributed by atoms with Crippen LogP contribution in [-0.2, 0) is 0 Å². The maximum absolute atomic E-state index is 9.89. The third kappa shape index (κ3) is 3.07. The molecule has 88 valence electrons. The fourth-order valence-corrected chi connectivity index (χ4v) is 3.71. The summed E-state index contributed by atoms with van der Waals surface area (Å²) in [7, 11) is 0. The van der Waals surface area contributed by atoms with Crippen molar-refractivity contribution in [3.05, 3.63) is 28.2 Å². The smallest absolute Gasteiger partial charge is 0.0662 e. The van der Waals surface area contributed by atoms with Gasteiger partial charge in [-0.1, -0.05) is 36.0 Å². The van der Waals surface area contributed by atoms with Gasteiger partial charge in [0.15, 0.2) is 0 Å². The number of benzene rings is 1. The quantitative estimate of drug-likeness (QED) is 0.865. The number of hydrogen-bond acceptors (Lipinski definition) is 2. The van der Waals surface area contributed by atoms with Crippen LogP contribution in [0, 0.1) is 0 Å². The molecule has 1 nitrogen and oxygen atoms in total. The average Bonchev–Trinajstić information content (AvgIpc) is 2.27. The highest BCUT2D eigenvalue weighted by Crippen LogP contribution is 2.38. The number of aliphatic hydroxyl groups is 1. The molecule has 0 heterocycles. The Kier molecular flexibility index (Phi) is 4.42. The Morgan fingerprint density at radius 3 is 2.69 bits per heavy atom. The van der Waals surface area contributed by atoms with Gasteiger partial charge in [0.2, 0.25) is 0 Å². The van der Waals surface area contributed by atoms with Gasteiger partial charge in [0.25, 0.3) is 0 Å². The van der Waals surface area contributed by atoms with Crippen LogP contribution in [0.2, 0.25) is 10.0 Å². The van der Waals surface area contributed by atoms with Crippen LogP contribution in [0.25, 0.3) is 0 Å². The number of thioether (sulfide) groups is 1. The van der Waals surface area contributed by atoms with E-state index in [0.717, 1.165) is 24.2 Å². The first kappa shape index (κ1) is 12.6. The molecule has 1 aromatic rings. The Labute approximate surface area is 110 Å². The molecule has 0 unspecified atom stereocenters. The summed E-state index contributed by atoms with van der Waals surface area (Å²) in [6.07, 6.45) is 4.05. The zero-order valence-corrected chi connectivity index (χ0v) is 11.2. The van der Waals surface area contributed by atoms with Crippen LogP contribution in [0.15, 0.2) is 23.1 Å². The average molecular weight is 277 g/mol. The zero-order chi connectivity index (χ0) is 11.5. The Balaban J connectivity index is 2.10. The van der Waals surface area contributed by atoms with E-state index in [1.54, 1.807) is 23.9 Å². The van der Waals surface area contributed by atoms with E-state index in [9.17, 15) is 5.11 Å². The van der Waals surface area contributed by atoms with Crippen molar-refractivity contribution < 1.29 is 5.11 Å². The van der Waals surface area contributed by atoms with Gasteiger partial charge in [0.05, 0.1) is 11.1 Å². The topological polar surface area (TPSA) is 20.2 Å². The summed E-state index contributed by atoms with van der Waals surface area (Å²) >= 11 is 13.7. The van der Waals surface area contributed by atoms with Gasteiger partial charge in [0.1, 0.15) is 0 Å². The normalized spacial score (nSPS) is 25.7. The molecule has 0 spiro atoms. The molecule has 1 aromatic carbocycles. The molecular formula is C12H14Cl2OS. The lowest BCUT2D eigenvalue weighted by Gasteiger charge is -2.27. The first-order valence-corrected chi connectivity index (χ1v) is 7.10. The van der Waals surface area contributed by atoms with Gasteiger partial charge >= 0.3 is 0 Å². The summed E-state index contributed by atoms with van der Waals surface area (Å²) in [4.78, 5) is 0.972.